The Hall–Kier alpha value is -3.68. The molecule has 3 amide bonds. The average molecular weight is 479 g/mol. The number of nitrogens with zero attached hydrogens (tertiary/aromatic N) is 2. The number of nitrogens with one attached hydrogen (secondary N) is 2. The minimum absolute atomic E-state index is 0.169. The summed E-state index contributed by atoms with van der Waals surface area (Å²) in [5, 5.41) is 3.94. The lowest BCUT2D eigenvalue weighted by atomic mass is 10.0. The highest BCUT2D eigenvalue weighted by Crippen LogP contribution is 2.20. The van der Waals surface area contributed by atoms with E-state index in [0.717, 1.165) is 16.5 Å². The van der Waals surface area contributed by atoms with Crippen molar-refractivity contribution in [3.8, 4) is 0 Å². The number of hydrogen-bond donors (Lipinski definition) is 2. The first kappa shape index (κ1) is 24.4. The SMILES string of the molecule is Cc1ccc(C(=O)N2CCN(C(=O)C(Cc3c[nH]c4ccccc34)NC(=O)C(C)C)CC2)cc1F. The maximum Gasteiger partial charge on any atom is 0.254 e. The van der Waals surface area contributed by atoms with Crippen molar-refractivity contribution in [3.63, 3.8) is 0 Å². The Bertz CT molecular complexity index is 1240. The van der Waals surface area contributed by atoms with E-state index in [4.69, 9.17) is 0 Å². The molecule has 8 heteroatoms. The molecule has 1 aromatic heterocycles. The van der Waals surface area contributed by atoms with Crippen LogP contribution >= 0.6 is 0 Å². The van der Waals surface area contributed by atoms with Gasteiger partial charge in [0.1, 0.15) is 11.9 Å². The number of fused-ring (bicyclic) bond motifs is 1. The number of H-pyrrole nitrogens is 1. The largest absolute Gasteiger partial charge is 0.361 e. The summed E-state index contributed by atoms with van der Waals surface area (Å²) in [6.45, 7) is 6.62. The third kappa shape index (κ3) is 5.37. The van der Waals surface area contributed by atoms with Crippen LogP contribution in [0.5, 0.6) is 0 Å². The zero-order chi connectivity index (χ0) is 25.1. The molecule has 4 rings (SSSR count). The lowest BCUT2D eigenvalue weighted by molar-refractivity contribution is -0.138. The maximum atomic E-state index is 13.9. The quantitative estimate of drug-likeness (QED) is 0.570. The zero-order valence-corrected chi connectivity index (χ0v) is 20.3. The molecule has 2 heterocycles. The number of amides is 3. The van der Waals surface area contributed by atoms with Crippen LogP contribution in [0.15, 0.2) is 48.7 Å². The van der Waals surface area contributed by atoms with Crippen molar-refractivity contribution < 1.29 is 18.8 Å². The van der Waals surface area contributed by atoms with E-state index in [2.05, 4.69) is 10.3 Å². The highest BCUT2D eigenvalue weighted by atomic mass is 19.1. The van der Waals surface area contributed by atoms with Crippen molar-refractivity contribution in [2.45, 2.75) is 33.2 Å². The van der Waals surface area contributed by atoms with E-state index in [0.29, 0.717) is 43.7 Å². The van der Waals surface area contributed by atoms with Gasteiger partial charge in [-0.3, -0.25) is 14.4 Å². The second-order valence-corrected chi connectivity index (χ2v) is 9.36. The average Bonchev–Trinajstić information content (AvgIpc) is 3.27. The monoisotopic (exact) mass is 478 g/mol. The Morgan fingerprint density at radius 3 is 2.40 bits per heavy atom. The van der Waals surface area contributed by atoms with Gasteiger partial charge in [-0.15, -0.1) is 0 Å². The third-order valence-corrected chi connectivity index (χ3v) is 6.54. The summed E-state index contributed by atoms with van der Waals surface area (Å²) in [4.78, 5) is 45.4. The smallest absolute Gasteiger partial charge is 0.254 e. The van der Waals surface area contributed by atoms with Crippen molar-refractivity contribution in [1.29, 1.82) is 0 Å². The molecule has 1 saturated heterocycles. The summed E-state index contributed by atoms with van der Waals surface area (Å²) in [5.41, 5.74) is 2.72. The summed E-state index contributed by atoms with van der Waals surface area (Å²) in [6.07, 6.45) is 2.24. The van der Waals surface area contributed by atoms with Gasteiger partial charge in [0.25, 0.3) is 5.91 Å². The van der Waals surface area contributed by atoms with Gasteiger partial charge in [0, 0.05) is 61.2 Å². The second-order valence-electron chi connectivity index (χ2n) is 9.36. The van der Waals surface area contributed by atoms with Gasteiger partial charge in [-0.1, -0.05) is 38.1 Å². The number of carbonyl (C=O) groups excluding carboxylic acids is 3. The molecule has 3 aromatic rings. The Kier molecular flexibility index (Phi) is 7.19. The lowest BCUT2D eigenvalue weighted by Gasteiger charge is -2.36. The van der Waals surface area contributed by atoms with Crippen LogP contribution in [0.2, 0.25) is 0 Å². The first-order valence-corrected chi connectivity index (χ1v) is 11.9. The fourth-order valence-corrected chi connectivity index (χ4v) is 4.32. The predicted molar refractivity (Wildman–Crippen MR) is 132 cm³/mol. The molecule has 35 heavy (non-hydrogen) atoms. The van der Waals surface area contributed by atoms with Crippen molar-refractivity contribution >= 4 is 28.6 Å². The number of halogens is 1. The molecule has 0 aliphatic carbocycles. The van der Waals surface area contributed by atoms with Gasteiger partial charge in [-0.25, -0.2) is 4.39 Å². The molecule has 0 saturated carbocycles. The molecule has 0 radical (unpaired) electrons. The number of aryl methyl sites for hydroxylation is 1. The molecule has 0 spiro atoms. The summed E-state index contributed by atoms with van der Waals surface area (Å²) in [5.74, 6) is -1.26. The molecular formula is C27H31FN4O3. The van der Waals surface area contributed by atoms with Crippen LogP contribution in [0.4, 0.5) is 4.39 Å². The Balaban J connectivity index is 1.45. The van der Waals surface area contributed by atoms with Crippen LogP contribution in [0.3, 0.4) is 0 Å². The second kappa shape index (κ2) is 10.3. The minimum atomic E-state index is -0.711. The summed E-state index contributed by atoms with van der Waals surface area (Å²) in [6, 6.07) is 11.6. The van der Waals surface area contributed by atoms with Crippen LogP contribution < -0.4 is 5.32 Å². The Morgan fingerprint density at radius 1 is 1.03 bits per heavy atom. The zero-order valence-electron chi connectivity index (χ0n) is 20.3. The number of hydrogen-bond acceptors (Lipinski definition) is 3. The number of aromatic amines is 1. The Morgan fingerprint density at radius 2 is 1.71 bits per heavy atom. The number of piperazine rings is 1. The molecule has 184 valence electrons. The molecule has 2 N–H and O–H groups in total. The Labute approximate surface area is 204 Å². The number of benzene rings is 2. The molecule has 7 nitrogen and oxygen atoms in total. The number of aromatic nitrogens is 1. The predicted octanol–water partition coefficient (Wildman–Crippen LogP) is 3.28. The standard InChI is InChI=1S/C27H31FN4O3/c1-17(2)25(33)30-24(15-20-16-29-23-7-5-4-6-21(20)23)27(35)32-12-10-31(11-13-32)26(34)19-9-8-18(3)22(28)14-19/h4-9,14,16-17,24,29H,10-13,15H2,1-3H3,(H,30,33). The van der Waals surface area contributed by atoms with E-state index in [1.807, 2.05) is 30.5 Å². The fourth-order valence-electron chi connectivity index (χ4n) is 4.32. The molecule has 1 unspecified atom stereocenters. The van der Waals surface area contributed by atoms with Gasteiger partial charge in [0.15, 0.2) is 0 Å². The van der Waals surface area contributed by atoms with Crippen LogP contribution in [0, 0.1) is 18.7 Å². The van der Waals surface area contributed by atoms with Gasteiger partial charge in [0.2, 0.25) is 11.8 Å². The van der Waals surface area contributed by atoms with E-state index in [1.54, 1.807) is 42.7 Å². The molecule has 1 fully saturated rings. The van der Waals surface area contributed by atoms with E-state index in [9.17, 15) is 18.8 Å². The molecular weight excluding hydrogens is 447 g/mol. The van der Waals surface area contributed by atoms with Gasteiger partial charge in [-0.05, 0) is 36.2 Å². The topological polar surface area (TPSA) is 85.5 Å². The highest BCUT2D eigenvalue weighted by Gasteiger charge is 2.31. The molecule has 1 aliphatic heterocycles. The van der Waals surface area contributed by atoms with Gasteiger partial charge in [-0.2, -0.15) is 0 Å². The number of carbonyl (C=O) groups is 3. The lowest BCUT2D eigenvalue weighted by Crippen LogP contribution is -2.56. The van der Waals surface area contributed by atoms with Crippen LogP contribution in [-0.2, 0) is 16.0 Å². The normalized spacial score (nSPS) is 14.9. The van der Waals surface area contributed by atoms with Crippen LogP contribution in [0.1, 0.15) is 35.3 Å². The van der Waals surface area contributed by atoms with Crippen LogP contribution in [-0.4, -0.2) is 64.7 Å². The van der Waals surface area contributed by atoms with Gasteiger partial charge < -0.3 is 20.1 Å². The first-order chi connectivity index (χ1) is 16.7. The highest BCUT2D eigenvalue weighted by molar-refractivity contribution is 5.95. The molecule has 0 bridgehead atoms. The molecule has 1 aliphatic rings. The van der Waals surface area contributed by atoms with Gasteiger partial charge >= 0.3 is 0 Å². The fraction of sp³-hybridized carbons (Fsp3) is 0.370. The van der Waals surface area contributed by atoms with Gasteiger partial charge in [0.05, 0.1) is 0 Å². The minimum Gasteiger partial charge on any atom is -0.361 e. The van der Waals surface area contributed by atoms with Crippen molar-refractivity contribution in [2.75, 3.05) is 26.2 Å². The van der Waals surface area contributed by atoms with Crippen molar-refractivity contribution in [2.24, 2.45) is 5.92 Å². The third-order valence-electron chi connectivity index (χ3n) is 6.54. The number of para-hydroxylation sites is 1. The van der Waals surface area contributed by atoms with E-state index in [-0.39, 0.29) is 23.6 Å². The summed E-state index contributed by atoms with van der Waals surface area (Å²) >= 11 is 0. The van der Waals surface area contributed by atoms with Crippen LogP contribution in [0.25, 0.3) is 10.9 Å². The van der Waals surface area contributed by atoms with E-state index < -0.39 is 11.9 Å². The van der Waals surface area contributed by atoms with Crippen molar-refractivity contribution in [1.82, 2.24) is 20.1 Å². The van der Waals surface area contributed by atoms with E-state index in [1.165, 1.54) is 6.07 Å². The maximum absolute atomic E-state index is 13.9. The molecule has 2 aromatic carbocycles. The number of rotatable bonds is 6. The summed E-state index contributed by atoms with van der Waals surface area (Å²) in [7, 11) is 0. The van der Waals surface area contributed by atoms with Crippen molar-refractivity contribution in [3.05, 3.63) is 71.2 Å². The first-order valence-electron chi connectivity index (χ1n) is 11.9. The summed E-state index contributed by atoms with van der Waals surface area (Å²) < 4.78 is 13.9. The molecule has 1 atom stereocenters. The van der Waals surface area contributed by atoms with E-state index >= 15 is 0 Å².